The number of aromatic amines is 1. The minimum atomic E-state index is 0.0267. The van der Waals surface area contributed by atoms with Gasteiger partial charge in [-0.2, -0.15) is 5.10 Å². The van der Waals surface area contributed by atoms with Crippen LogP contribution in [-0.4, -0.2) is 40.6 Å². The highest BCUT2D eigenvalue weighted by Crippen LogP contribution is 2.24. The highest BCUT2D eigenvalue weighted by atomic mass is 16.2. The quantitative estimate of drug-likeness (QED) is 0.338. The zero-order valence-electron chi connectivity index (χ0n) is 20.3. The maximum absolute atomic E-state index is 13.5. The Bertz CT molecular complexity index is 1610. The van der Waals surface area contributed by atoms with E-state index in [-0.39, 0.29) is 11.9 Å². The van der Waals surface area contributed by atoms with E-state index in [1.807, 2.05) is 77.7 Å². The first-order valence-electron chi connectivity index (χ1n) is 12.5. The molecule has 37 heavy (non-hydrogen) atoms. The molecule has 5 aromatic rings. The van der Waals surface area contributed by atoms with Crippen molar-refractivity contribution in [1.29, 1.82) is 0 Å². The Morgan fingerprint density at radius 2 is 1.62 bits per heavy atom. The van der Waals surface area contributed by atoms with E-state index in [0.717, 1.165) is 34.1 Å². The van der Waals surface area contributed by atoms with E-state index in [2.05, 4.69) is 57.7 Å². The molecule has 1 saturated heterocycles. The second-order valence-corrected chi connectivity index (χ2v) is 9.16. The molecule has 1 aromatic heterocycles. The van der Waals surface area contributed by atoms with Crippen molar-refractivity contribution in [1.82, 2.24) is 20.4 Å². The van der Waals surface area contributed by atoms with Gasteiger partial charge in [-0.25, -0.2) is 0 Å². The fourth-order valence-electron chi connectivity index (χ4n) is 4.86. The fraction of sp³-hybridized carbons (Fsp3) is 0.125. The average Bonchev–Trinajstić information content (AvgIpc) is 3.39. The van der Waals surface area contributed by atoms with Crippen molar-refractivity contribution in [2.45, 2.75) is 6.04 Å². The van der Waals surface area contributed by atoms with E-state index in [9.17, 15) is 4.79 Å². The number of H-pyrrole nitrogens is 1. The maximum Gasteiger partial charge on any atom is 0.253 e. The lowest BCUT2D eigenvalue weighted by Gasteiger charge is -2.34. The lowest BCUT2D eigenvalue weighted by atomic mass is 10.00. The fourth-order valence-corrected chi connectivity index (χ4v) is 4.86. The summed E-state index contributed by atoms with van der Waals surface area (Å²) in [7, 11) is 0. The largest absolute Gasteiger partial charge is 0.335 e. The minimum absolute atomic E-state index is 0.0267. The summed E-state index contributed by atoms with van der Waals surface area (Å²) in [4.78, 5) is 15.4. The molecule has 1 atom stereocenters. The van der Waals surface area contributed by atoms with E-state index in [1.165, 1.54) is 5.56 Å². The number of fused-ring (bicyclic) bond motifs is 1. The molecule has 1 unspecified atom stereocenters. The van der Waals surface area contributed by atoms with Gasteiger partial charge >= 0.3 is 0 Å². The molecule has 4 aromatic carbocycles. The molecule has 0 aliphatic carbocycles. The number of nitrogens with one attached hydrogen (secondary N) is 2. The van der Waals surface area contributed by atoms with Gasteiger partial charge in [-0.05, 0) is 46.9 Å². The number of rotatable bonds is 3. The Morgan fingerprint density at radius 1 is 0.865 bits per heavy atom. The van der Waals surface area contributed by atoms with Crippen LogP contribution in [0, 0.1) is 11.8 Å². The van der Waals surface area contributed by atoms with E-state index < -0.39 is 0 Å². The molecule has 1 fully saturated rings. The number of aromatic nitrogens is 2. The molecule has 0 bridgehead atoms. The summed E-state index contributed by atoms with van der Waals surface area (Å²) in [5.41, 5.74) is 6.49. The average molecular weight is 483 g/mol. The Labute approximate surface area is 216 Å². The van der Waals surface area contributed by atoms with E-state index in [1.54, 1.807) is 0 Å². The molecule has 1 aliphatic heterocycles. The van der Waals surface area contributed by atoms with Crippen LogP contribution in [0.15, 0.2) is 103 Å². The molecule has 1 amide bonds. The predicted octanol–water partition coefficient (Wildman–Crippen LogP) is 5.42. The molecule has 0 radical (unpaired) electrons. The van der Waals surface area contributed by atoms with E-state index >= 15 is 0 Å². The van der Waals surface area contributed by atoms with Crippen LogP contribution in [0.3, 0.4) is 0 Å². The van der Waals surface area contributed by atoms with Gasteiger partial charge in [-0.3, -0.25) is 9.89 Å². The van der Waals surface area contributed by atoms with Gasteiger partial charge in [-0.1, -0.05) is 84.8 Å². The topological polar surface area (TPSA) is 61.0 Å². The molecule has 6 rings (SSSR count). The van der Waals surface area contributed by atoms with E-state index in [0.29, 0.717) is 24.3 Å². The third-order valence-corrected chi connectivity index (χ3v) is 6.80. The lowest BCUT2D eigenvalue weighted by Crippen LogP contribution is -2.48. The van der Waals surface area contributed by atoms with E-state index in [4.69, 9.17) is 0 Å². The van der Waals surface area contributed by atoms with Gasteiger partial charge in [0.25, 0.3) is 5.91 Å². The van der Waals surface area contributed by atoms with Crippen LogP contribution >= 0.6 is 0 Å². The van der Waals surface area contributed by atoms with Crippen LogP contribution in [0.2, 0.25) is 0 Å². The molecule has 5 heteroatoms. The Morgan fingerprint density at radius 3 is 2.46 bits per heavy atom. The molecule has 0 saturated carbocycles. The van der Waals surface area contributed by atoms with Crippen LogP contribution in [0.5, 0.6) is 0 Å². The number of nitrogens with zero attached hydrogens (tertiary/aromatic N) is 2. The third kappa shape index (κ3) is 4.75. The maximum atomic E-state index is 13.5. The number of amides is 1. The van der Waals surface area contributed by atoms with Gasteiger partial charge in [0.2, 0.25) is 0 Å². The number of benzene rings is 4. The highest BCUT2D eigenvalue weighted by molar-refractivity contribution is 5.99. The summed E-state index contributed by atoms with van der Waals surface area (Å²) in [5, 5.41) is 11.9. The summed E-state index contributed by atoms with van der Waals surface area (Å²) < 4.78 is 0. The van der Waals surface area contributed by atoms with Crippen molar-refractivity contribution in [2.75, 3.05) is 19.6 Å². The van der Waals surface area contributed by atoms with Gasteiger partial charge < -0.3 is 10.2 Å². The summed E-state index contributed by atoms with van der Waals surface area (Å²) >= 11 is 0. The van der Waals surface area contributed by atoms with Crippen LogP contribution < -0.4 is 5.32 Å². The number of hydrogen-bond donors (Lipinski definition) is 2. The van der Waals surface area contributed by atoms with Crippen molar-refractivity contribution in [3.63, 3.8) is 0 Å². The van der Waals surface area contributed by atoms with Crippen LogP contribution in [-0.2, 0) is 0 Å². The zero-order chi connectivity index (χ0) is 25.0. The first kappa shape index (κ1) is 22.8. The summed E-state index contributed by atoms with van der Waals surface area (Å²) in [6.07, 6.45) is 0. The van der Waals surface area contributed by atoms with Gasteiger partial charge in [0, 0.05) is 42.2 Å². The van der Waals surface area contributed by atoms with Crippen LogP contribution in [0.25, 0.3) is 22.0 Å². The Kier molecular flexibility index (Phi) is 6.24. The first-order chi connectivity index (χ1) is 18.3. The predicted molar refractivity (Wildman–Crippen MR) is 147 cm³/mol. The molecular weight excluding hydrogens is 456 g/mol. The summed E-state index contributed by atoms with van der Waals surface area (Å²) in [6.45, 7) is 2.07. The summed E-state index contributed by atoms with van der Waals surface area (Å²) in [5.74, 6) is 6.61. The normalized spacial score (nSPS) is 15.2. The first-order valence-corrected chi connectivity index (χ1v) is 12.5. The molecule has 180 valence electrons. The number of hydrogen-bond acceptors (Lipinski definition) is 3. The second-order valence-electron chi connectivity index (χ2n) is 9.16. The van der Waals surface area contributed by atoms with Crippen molar-refractivity contribution in [2.24, 2.45) is 0 Å². The van der Waals surface area contributed by atoms with Crippen molar-refractivity contribution >= 4 is 16.8 Å². The third-order valence-electron chi connectivity index (χ3n) is 6.80. The summed E-state index contributed by atoms with van der Waals surface area (Å²) in [6, 6.07) is 34.4. The minimum Gasteiger partial charge on any atom is -0.335 e. The van der Waals surface area contributed by atoms with Crippen molar-refractivity contribution in [3.05, 3.63) is 126 Å². The van der Waals surface area contributed by atoms with Crippen molar-refractivity contribution < 1.29 is 4.79 Å². The van der Waals surface area contributed by atoms with Crippen LogP contribution in [0.1, 0.15) is 33.2 Å². The molecule has 2 heterocycles. The Balaban J connectivity index is 1.28. The lowest BCUT2D eigenvalue weighted by molar-refractivity contribution is 0.0703. The van der Waals surface area contributed by atoms with Crippen LogP contribution in [0.4, 0.5) is 0 Å². The standard InChI is InChI=1S/C32H26N4O/c37-32(36-20-19-33-31(22-36)25-12-5-2-6-13-25)26-16-18-30-28(21-26)29(34-35-30)17-15-24-11-7-8-14-27(24)23-9-3-1-4-10-23/h1-14,16,18,21,31,33H,19-20,22H2,(H,34,35). The van der Waals surface area contributed by atoms with Gasteiger partial charge in [0.05, 0.1) is 5.52 Å². The molecule has 1 aliphatic rings. The SMILES string of the molecule is O=C(c1ccc2n[nH]c(C#Cc3ccccc3-c3ccccc3)c2c1)N1CCNC(c2ccccc2)C1. The molecular formula is C32H26N4O. The zero-order valence-corrected chi connectivity index (χ0v) is 20.3. The number of carbonyl (C=O) groups excluding carboxylic acids is 1. The van der Waals surface area contributed by atoms with Crippen molar-refractivity contribution in [3.8, 4) is 23.0 Å². The van der Waals surface area contributed by atoms with Gasteiger partial charge in [0.15, 0.2) is 0 Å². The second kappa shape index (κ2) is 10.1. The smallest absolute Gasteiger partial charge is 0.253 e. The monoisotopic (exact) mass is 482 g/mol. The van der Waals surface area contributed by atoms with Gasteiger partial charge in [0.1, 0.15) is 5.69 Å². The molecule has 5 nitrogen and oxygen atoms in total. The van der Waals surface area contributed by atoms with Gasteiger partial charge in [-0.15, -0.1) is 0 Å². The highest BCUT2D eigenvalue weighted by Gasteiger charge is 2.25. The number of carbonyl (C=O) groups is 1. The molecule has 2 N–H and O–H groups in total. The number of piperazine rings is 1. The Hall–Kier alpha value is -4.66. The molecule has 0 spiro atoms.